The average molecular weight is 296 g/mol. The van der Waals surface area contributed by atoms with Gasteiger partial charge in [0.25, 0.3) is 0 Å². The van der Waals surface area contributed by atoms with E-state index in [0.29, 0.717) is 0 Å². The average Bonchev–Trinajstić information content (AvgIpc) is 2.38. The fraction of sp³-hybridized carbons (Fsp3) is 0.400. The molecular weight excluding hydrogens is 268 g/mol. The van der Waals surface area contributed by atoms with Crippen LogP contribution in [0.15, 0.2) is 24.3 Å². The van der Waals surface area contributed by atoms with Gasteiger partial charge in [0.15, 0.2) is 0 Å². The summed E-state index contributed by atoms with van der Waals surface area (Å²) < 4.78 is 0. The minimum Gasteiger partial charge on any atom is -0.365 e. The third-order valence-electron chi connectivity index (χ3n) is 4.08. The predicted octanol–water partition coefficient (Wildman–Crippen LogP) is 5.41. The van der Waals surface area contributed by atoms with Crippen molar-refractivity contribution >= 4 is 11.4 Å². The van der Waals surface area contributed by atoms with Gasteiger partial charge in [0.2, 0.25) is 0 Å². The van der Waals surface area contributed by atoms with Crippen LogP contribution in [0.25, 0.3) is 0 Å². The first-order valence-electron chi connectivity index (χ1n) is 7.96. The zero-order valence-electron chi connectivity index (χ0n) is 14.9. The lowest BCUT2D eigenvalue weighted by atomic mass is 10.0. The van der Waals surface area contributed by atoms with Crippen molar-refractivity contribution in [3.63, 3.8) is 0 Å². The smallest absolute Gasteiger partial charge is 0.0934 e. The first kappa shape index (κ1) is 16.4. The van der Waals surface area contributed by atoms with Crippen molar-refractivity contribution in [2.24, 2.45) is 0 Å². The van der Waals surface area contributed by atoms with Crippen molar-refractivity contribution in [3.8, 4) is 0 Å². The van der Waals surface area contributed by atoms with Gasteiger partial charge < -0.3 is 10.6 Å². The summed E-state index contributed by atoms with van der Waals surface area (Å²) in [7, 11) is 0. The van der Waals surface area contributed by atoms with E-state index in [1.165, 1.54) is 44.8 Å². The van der Waals surface area contributed by atoms with E-state index in [9.17, 15) is 0 Å². The van der Waals surface area contributed by atoms with Crippen LogP contribution in [0.1, 0.15) is 40.3 Å². The number of rotatable bonds is 4. The lowest BCUT2D eigenvalue weighted by Gasteiger charge is -2.24. The molecule has 0 fully saturated rings. The molecule has 0 atom stereocenters. The van der Waals surface area contributed by atoms with Crippen molar-refractivity contribution in [1.82, 2.24) is 0 Å². The van der Waals surface area contributed by atoms with Crippen molar-refractivity contribution in [3.05, 3.63) is 57.6 Å². The molecule has 0 aliphatic rings. The van der Waals surface area contributed by atoms with Gasteiger partial charge in [-0.05, 0) is 70.7 Å². The summed E-state index contributed by atoms with van der Waals surface area (Å²) in [6.45, 7) is 15.1. The van der Waals surface area contributed by atoms with Crippen molar-refractivity contribution < 1.29 is 0 Å². The molecule has 0 aliphatic heterocycles. The summed E-state index contributed by atoms with van der Waals surface area (Å²) in [4.78, 5) is 0. The minimum absolute atomic E-state index is 0.167. The highest BCUT2D eigenvalue weighted by molar-refractivity contribution is 5.62. The Labute approximate surface area is 135 Å². The third kappa shape index (κ3) is 3.62. The molecule has 0 saturated heterocycles. The molecule has 0 heterocycles. The molecule has 118 valence electrons. The molecule has 2 heteroatoms. The Morgan fingerprint density at radius 1 is 0.591 bits per heavy atom. The van der Waals surface area contributed by atoms with Crippen LogP contribution in [0.2, 0.25) is 0 Å². The molecular formula is C20H28N2. The van der Waals surface area contributed by atoms with E-state index in [1.807, 2.05) is 0 Å². The summed E-state index contributed by atoms with van der Waals surface area (Å²) >= 11 is 0. The van der Waals surface area contributed by atoms with Gasteiger partial charge in [-0.3, -0.25) is 0 Å². The van der Waals surface area contributed by atoms with Gasteiger partial charge in [-0.25, -0.2) is 0 Å². The second-order valence-electron chi connectivity index (χ2n) is 6.56. The number of hydrogen-bond acceptors (Lipinski definition) is 2. The molecule has 0 saturated carbocycles. The van der Waals surface area contributed by atoms with Crippen molar-refractivity contribution in [2.75, 3.05) is 10.6 Å². The van der Waals surface area contributed by atoms with E-state index in [1.54, 1.807) is 0 Å². The molecule has 2 aromatic rings. The Morgan fingerprint density at radius 2 is 0.864 bits per heavy atom. The lowest BCUT2D eigenvalue weighted by Crippen LogP contribution is -2.26. The summed E-state index contributed by atoms with van der Waals surface area (Å²) in [5, 5.41) is 7.22. The van der Waals surface area contributed by atoms with Gasteiger partial charge in [-0.2, -0.15) is 0 Å². The van der Waals surface area contributed by atoms with Gasteiger partial charge >= 0.3 is 0 Å². The highest BCUT2D eigenvalue weighted by Gasteiger charge is 2.10. The van der Waals surface area contributed by atoms with E-state index >= 15 is 0 Å². The molecule has 2 rings (SSSR count). The van der Waals surface area contributed by atoms with Crippen LogP contribution in [-0.4, -0.2) is 6.17 Å². The van der Waals surface area contributed by atoms with Crippen LogP contribution < -0.4 is 10.6 Å². The maximum absolute atomic E-state index is 3.61. The molecule has 0 spiro atoms. The Bertz CT molecular complexity index is 581. The largest absolute Gasteiger partial charge is 0.365 e. The van der Waals surface area contributed by atoms with Crippen LogP contribution in [0.3, 0.4) is 0 Å². The van der Waals surface area contributed by atoms with E-state index in [-0.39, 0.29) is 6.17 Å². The fourth-order valence-corrected chi connectivity index (χ4v) is 3.28. The molecule has 0 unspecified atom stereocenters. The number of aryl methyl sites for hydroxylation is 6. The maximum Gasteiger partial charge on any atom is 0.0934 e. The molecule has 0 bridgehead atoms. The van der Waals surface area contributed by atoms with Crippen LogP contribution >= 0.6 is 0 Å². The summed E-state index contributed by atoms with van der Waals surface area (Å²) in [5.41, 5.74) is 10.3. The van der Waals surface area contributed by atoms with Crippen molar-refractivity contribution in [1.29, 1.82) is 0 Å². The summed E-state index contributed by atoms with van der Waals surface area (Å²) in [5.74, 6) is 0. The zero-order valence-corrected chi connectivity index (χ0v) is 14.9. The summed E-state index contributed by atoms with van der Waals surface area (Å²) in [6, 6.07) is 8.91. The van der Waals surface area contributed by atoms with E-state index in [0.717, 1.165) is 0 Å². The minimum atomic E-state index is 0.167. The molecule has 0 aromatic heterocycles. The number of anilines is 2. The first-order chi connectivity index (χ1) is 10.3. The van der Waals surface area contributed by atoms with E-state index in [2.05, 4.69) is 83.4 Å². The third-order valence-corrected chi connectivity index (χ3v) is 4.08. The van der Waals surface area contributed by atoms with Gasteiger partial charge in [0.05, 0.1) is 6.17 Å². The Hall–Kier alpha value is -1.96. The molecule has 22 heavy (non-hydrogen) atoms. The molecule has 2 nitrogen and oxygen atoms in total. The molecule has 2 N–H and O–H groups in total. The zero-order chi connectivity index (χ0) is 16.4. The molecule has 0 aliphatic carbocycles. The van der Waals surface area contributed by atoms with E-state index < -0.39 is 0 Å². The normalized spacial score (nSPS) is 10.9. The summed E-state index contributed by atoms with van der Waals surface area (Å²) in [6.07, 6.45) is 0.167. The number of benzene rings is 2. The van der Waals surface area contributed by atoms with Gasteiger partial charge in [0, 0.05) is 11.4 Å². The Balaban J connectivity index is 2.19. The van der Waals surface area contributed by atoms with Crippen LogP contribution in [0.5, 0.6) is 0 Å². The Morgan fingerprint density at radius 3 is 1.14 bits per heavy atom. The number of nitrogens with one attached hydrogen (secondary N) is 2. The fourth-order valence-electron chi connectivity index (χ4n) is 3.28. The second kappa shape index (κ2) is 6.43. The quantitative estimate of drug-likeness (QED) is 0.737. The monoisotopic (exact) mass is 296 g/mol. The van der Waals surface area contributed by atoms with Gasteiger partial charge in [0.1, 0.15) is 0 Å². The lowest BCUT2D eigenvalue weighted by molar-refractivity contribution is 0.905. The highest BCUT2D eigenvalue weighted by atomic mass is 15.1. The highest BCUT2D eigenvalue weighted by Crippen LogP contribution is 2.25. The number of hydrogen-bond donors (Lipinski definition) is 2. The molecule has 2 aromatic carbocycles. The second-order valence-corrected chi connectivity index (χ2v) is 6.56. The topological polar surface area (TPSA) is 24.1 Å². The predicted molar refractivity (Wildman–Crippen MR) is 98.0 cm³/mol. The molecule has 0 radical (unpaired) electrons. The van der Waals surface area contributed by atoms with Crippen LogP contribution in [0.4, 0.5) is 11.4 Å². The van der Waals surface area contributed by atoms with E-state index in [4.69, 9.17) is 0 Å². The van der Waals surface area contributed by atoms with Crippen LogP contribution in [0, 0.1) is 41.5 Å². The van der Waals surface area contributed by atoms with Crippen LogP contribution in [-0.2, 0) is 0 Å². The maximum atomic E-state index is 3.61. The molecule has 0 amide bonds. The van der Waals surface area contributed by atoms with Gasteiger partial charge in [-0.1, -0.05) is 35.4 Å². The van der Waals surface area contributed by atoms with Crippen molar-refractivity contribution in [2.45, 2.75) is 54.6 Å². The first-order valence-corrected chi connectivity index (χ1v) is 7.96. The van der Waals surface area contributed by atoms with Gasteiger partial charge in [-0.15, -0.1) is 0 Å². The Kier molecular flexibility index (Phi) is 4.80. The standard InChI is InChI=1S/C20H28N2/c1-12-8-14(3)19(15(4)9-12)21-18(7)22-20-16(5)10-13(2)11-17(20)6/h8-11,18,21-22H,1-7H3. The SMILES string of the molecule is Cc1cc(C)c(NC(C)Nc2c(C)cc(C)cc2C)c(C)c1.